The smallest absolute Gasteiger partial charge is 0.0628 e. The lowest BCUT2D eigenvalue weighted by Gasteiger charge is -2.21. The van der Waals surface area contributed by atoms with E-state index in [0.717, 1.165) is 25.5 Å². The summed E-state index contributed by atoms with van der Waals surface area (Å²) in [4.78, 5) is 0. The summed E-state index contributed by atoms with van der Waals surface area (Å²) >= 11 is 4.12. The first kappa shape index (κ1) is 6.39. The highest BCUT2D eigenvalue weighted by Gasteiger charge is 2.09. The number of nitrogens with one attached hydrogen (secondary N) is 1. The first-order valence-corrected chi connectivity index (χ1v) is 3.48. The molecule has 1 atom stereocenters. The van der Waals surface area contributed by atoms with Gasteiger partial charge in [-0.25, -0.2) is 0 Å². The summed E-state index contributed by atoms with van der Waals surface area (Å²) in [6, 6.07) is 0.479. The van der Waals surface area contributed by atoms with Crippen LogP contribution in [0.3, 0.4) is 0 Å². The van der Waals surface area contributed by atoms with Crippen molar-refractivity contribution >= 4 is 12.6 Å². The third-order valence-corrected chi connectivity index (χ3v) is 1.66. The molecule has 0 radical (unpaired) electrons. The van der Waals surface area contributed by atoms with Gasteiger partial charge in [-0.2, -0.15) is 12.6 Å². The molecule has 0 spiro atoms. The van der Waals surface area contributed by atoms with E-state index in [2.05, 4.69) is 17.9 Å². The van der Waals surface area contributed by atoms with Gasteiger partial charge in [-0.1, -0.05) is 0 Å². The van der Waals surface area contributed by atoms with Crippen LogP contribution in [0.2, 0.25) is 0 Å². The van der Waals surface area contributed by atoms with Gasteiger partial charge in [-0.05, 0) is 0 Å². The van der Waals surface area contributed by atoms with Crippen molar-refractivity contribution in [3.63, 3.8) is 0 Å². The first-order valence-electron chi connectivity index (χ1n) is 2.85. The van der Waals surface area contributed by atoms with Gasteiger partial charge >= 0.3 is 0 Å². The van der Waals surface area contributed by atoms with Crippen LogP contribution in [0.25, 0.3) is 0 Å². The molecule has 1 aliphatic heterocycles. The van der Waals surface area contributed by atoms with Crippen LogP contribution in [0.5, 0.6) is 0 Å². The second-order valence-corrected chi connectivity index (χ2v) is 2.27. The molecule has 0 aliphatic carbocycles. The summed E-state index contributed by atoms with van der Waals surface area (Å²) in [7, 11) is 0. The average molecular weight is 133 g/mol. The Morgan fingerprint density at radius 2 is 2.62 bits per heavy atom. The highest BCUT2D eigenvalue weighted by Crippen LogP contribution is 1.93. The zero-order chi connectivity index (χ0) is 5.82. The summed E-state index contributed by atoms with van der Waals surface area (Å²) in [6.45, 7) is 2.65. The number of hydrogen-bond donors (Lipinski definition) is 2. The Morgan fingerprint density at radius 3 is 3.00 bits per heavy atom. The van der Waals surface area contributed by atoms with Crippen molar-refractivity contribution in [1.29, 1.82) is 0 Å². The molecule has 0 aromatic carbocycles. The zero-order valence-corrected chi connectivity index (χ0v) is 5.66. The molecular weight excluding hydrogens is 122 g/mol. The lowest BCUT2D eigenvalue weighted by atomic mass is 10.3. The summed E-state index contributed by atoms with van der Waals surface area (Å²) in [5.41, 5.74) is 0. The third-order valence-electron chi connectivity index (χ3n) is 1.22. The standard InChI is InChI=1S/C5H11NOS/c8-4-5-3-7-2-1-6-5/h5-6,8H,1-4H2/t5-/m0/s1. The van der Waals surface area contributed by atoms with E-state index in [1.165, 1.54) is 0 Å². The topological polar surface area (TPSA) is 21.3 Å². The Bertz CT molecular complexity index is 63.4. The fourth-order valence-electron chi connectivity index (χ4n) is 0.737. The average Bonchev–Trinajstić information content (AvgIpc) is 1.90. The molecule has 0 unspecified atom stereocenters. The minimum Gasteiger partial charge on any atom is -0.378 e. The van der Waals surface area contributed by atoms with Gasteiger partial charge in [0, 0.05) is 18.3 Å². The Kier molecular flexibility index (Phi) is 2.66. The van der Waals surface area contributed by atoms with Crippen LogP contribution in [0.1, 0.15) is 0 Å². The predicted octanol–water partition coefficient (Wildman–Crippen LogP) is -0.0954. The maximum Gasteiger partial charge on any atom is 0.0628 e. The van der Waals surface area contributed by atoms with Crippen molar-refractivity contribution in [2.75, 3.05) is 25.5 Å². The summed E-state index contributed by atoms with van der Waals surface area (Å²) in [6.07, 6.45) is 0. The first-order chi connectivity index (χ1) is 3.93. The number of hydrogen-bond acceptors (Lipinski definition) is 3. The van der Waals surface area contributed by atoms with Crippen LogP contribution >= 0.6 is 12.6 Å². The highest BCUT2D eigenvalue weighted by molar-refractivity contribution is 7.80. The van der Waals surface area contributed by atoms with E-state index in [9.17, 15) is 0 Å². The Hall–Kier alpha value is 0.270. The molecule has 3 heteroatoms. The lowest BCUT2D eigenvalue weighted by Crippen LogP contribution is -2.42. The third kappa shape index (κ3) is 1.65. The maximum atomic E-state index is 5.16. The zero-order valence-electron chi connectivity index (χ0n) is 4.76. The van der Waals surface area contributed by atoms with Crippen LogP contribution in [0, 0.1) is 0 Å². The van der Waals surface area contributed by atoms with Crippen molar-refractivity contribution in [3.8, 4) is 0 Å². The van der Waals surface area contributed by atoms with Gasteiger partial charge < -0.3 is 10.1 Å². The summed E-state index contributed by atoms with van der Waals surface area (Å²) < 4.78 is 5.16. The molecule has 1 saturated heterocycles. The fraction of sp³-hybridized carbons (Fsp3) is 1.00. The number of morpholine rings is 1. The fourth-order valence-corrected chi connectivity index (χ4v) is 0.971. The van der Waals surface area contributed by atoms with E-state index in [1.807, 2.05) is 0 Å². The van der Waals surface area contributed by atoms with Gasteiger partial charge in [-0.15, -0.1) is 0 Å². The van der Waals surface area contributed by atoms with Crippen molar-refractivity contribution in [3.05, 3.63) is 0 Å². The Labute approximate surface area is 55.0 Å². The van der Waals surface area contributed by atoms with Crippen molar-refractivity contribution in [2.24, 2.45) is 0 Å². The molecule has 48 valence electrons. The molecule has 1 aliphatic rings. The molecule has 0 aromatic heterocycles. The van der Waals surface area contributed by atoms with Crippen LogP contribution < -0.4 is 5.32 Å². The molecule has 0 bridgehead atoms. The van der Waals surface area contributed by atoms with E-state index in [-0.39, 0.29) is 0 Å². The molecule has 1 fully saturated rings. The van der Waals surface area contributed by atoms with E-state index in [1.54, 1.807) is 0 Å². The maximum absolute atomic E-state index is 5.16. The van der Waals surface area contributed by atoms with E-state index in [4.69, 9.17) is 4.74 Å². The van der Waals surface area contributed by atoms with Crippen LogP contribution in [-0.2, 0) is 4.74 Å². The van der Waals surface area contributed by atoms with Gasteiger partial charge in [0.05, 0.1) is 13.2 Å². The van der Waals surface area contributed by atoms with E-state index >= 15 is 0 Å². The number of thiol groups is 1. The van der Waals surface area contributed by atoms with Gasteiger partial charge in [-0.3, -0.25) is 0 Å². The summed E-state index contributed by atoms with van der Waals surface area (Å²) in [5, 5.41) is 3.27. The predicted molar refractivity (Wildman–Crippen MR) is 36.5 cm³/mol. The van der Waals surface area contributed by atoms with Gasteiger partial charge in [0.25, 0.3) is 0 Å². The molecule has 1 heterocycles. The van der Waals surface area contributed by atoms with E-state index < -0.39 is 0 Å². The Morgan fingerprint density at radius 1 is 1.75 bits per heavy atom. The van der Waals surface area contributed by atoms with Crippen LogP contribution in [-0.4, -0.2) is 31.6 Å². The molecule has 8 heavy (non-hydrogen) atoms. The Balaban J connectivity index is 2.13. The minimum absolute atomic E-state index is 0.479. The van der Waals surface area contributed by atoms with Crippen molar-refractivity contribution < 1.29 is 4.74 Å². The van der Waals surface area contributed by atoms with E-state index in [0.29, 0.717) is 6.04 Å². The normalized spacial score (nSPS) is 30.4. The minimum atomic E-state index is 0.479. The molecule has 2 nitrogen and oxygen atoms in total. The molecule has 1 N–H and O–H groups in total. The highest BCUT2D eigenvalue weighted by atomic mass is 32.1. The number of rotatable bonds is 1. The van der Waals surface area contributed by atoms with Gasteiger partial charge in [0.1, 0.15) is 0 Å². The quantitative estimate of drug-likeness (QED) is 0.488. The largest absolute Gasteiger partial charge is 0.378 e. The molecule has 0 saturated carbocycles. The van der Waals surface area contributed by atoms with Crippen LogP contribution in [0.15, 0.2) is 0 Å². The molecule has 1 rings (SSSR count). The molecule has 0 aromatic rings. The molecule has 0 amide bonds. The second-order valence-electron chi connectivity index (χ2n) is 1.91. The van der Waals surface area contributed by atoms with Gasteiger partial charge in [0.15, 0.2) is 0 Å². The number of ether oxygens (including phenoxy) is 1. The van der Waals surface area contributed by atoms with Gasteiger partial charge in [0.2, 0.25) is 0 Å². The monoisotopic (exact) mass is 133 g/mol. The van der Waals surface area contributed by atoms with Crippen LogP contribution in [0.4, 0.5) is 0 Å². The molecular formula is C5H11NOS. The van der Waals surface area contributed by atoms with Crippen molar-refractivity contribution in [2.45, 2.75) is 6.04 Å². The second kappa shape index (κ2) is 3.33. The lowest BCUT2D eigenvalue weighted by molar-refractivity contribution is 0.0838. The SMILES string of the molecule is SC[C@@H]1COCCN1. The summed E-state index contributed by atoms with van der Waals surface area (Å²) in [5.74, 6) is 0.875. The van der Waals surface area contributed by atoms with Crippen molar-refractivity contribution in [1.82, 2.24) is 5.32 Å².